The lowest BCUT2D eigenvalue weighted by Gasteiger charge is -2.21. The fraction of sp³-hybridized carbons (Fsp3) is 0.722. The quantitative estimate of drug-likeness (QED) is 0.817. The van der Waals surface area contributed by atoms with Gasteiger partial charge in [0.25, 0.3) is 0 Å². The second-order valence-electron chi connectivity index (χ2n) is 7.93. The van der Waals surface area contributed by atoms with Gasteiger partial charge in [0, 0.05) is 30.9 Å². The van der Waals surface area contributed by atoms with Crippen LogP contribution in [-0.4, -0.2) is 32.2 Å². The van der Waals surface area contributed by atoms with Crippen molar-refractivity contribution in [2.24, 2.45) is 5.41 Å². The molecule has 1 N–H and O–H groups in total. The summed E-state index contributed by atoms with van der Waals surface area (Å²) in [5.74, 6) is 1.12. The largest absolute Gasteiger partial charge is 0.356 e. The summed E-state index contributed by atoms with van der Waals surface area (Å²) in [6.07, 6.45) is 3.93. The van der Waals surface area contributed by atoms with Gasteiger partial charge in [0.15, 0.2) is 0 Å². The van der Waals surface area contributed by atoms with Crippen LogP contribution < -0.4 is 9.62 Å². The number of aryl methyl sites for hydroxylation is 1. The maximum atomic E-state index is 12.2. The van der Waals surface area contributed by atoms with E-state index in [1.54, 1.807) is 0 Å². The van der Waals surface area contributed by atoms with Crippen LogP contribution in [0, 0.1) is 12.3 Å². The van der Waals surface area contributed by atoms with Crippen molar-refractivity contribution in [3.63, 3.8) is 0 Å². The minimum Gasteiger partial charge on any atom is -0.356 e. The highest BCUT2D eigenvalue weighted by atomic mass is 32.2. The molecular weight excluding hydrogens is 322 g/mol. The highest BCUT2D eigenvalue weighted by Gasteiger charge is 2.19. The zero-order valence-electron chi connectivity index (χ0n) is 15.4. The van der Waals surface area contributed by atoms with E-state index in [9.17, 15) is 8.42 Å². The fourth-order valence-corrected chi connectivity index (χ4v) is 4.01. The van der Waals surface area contributed by atoms with Gasteiger partial charge in [0.05, 0.1) is 5.75 Å². The summed E-state index contributed by atoms with van der Waals surface area (Å²) in [7, 11) is -3.25. The highest BCUT2D eigenvalue weighted by Crippen LogP contribution is 2.23. The second-order valence-corrected chi connectivity index (χ2v) is 9.86. The molecule has 24 heavy (non-hydrogen) atoms. The highest BCUT2D eigenvalue weighted by molar-refractivity contribution is 7.89. The SMILES string of the molecule is Cc1ccc(CNS(=O)(=O)CCCC(C)(C)C)c(N2CCCC2)n1. The smallest absolute Gasteiger partial charge is 0.211 e. The molecule has 1 aliphatic rings. The molecule has 1 saturated heterocycles. The number of hydrogen-bond donors (Lipinski definition) is 1. The number of rotatable bonds is 7. The lowest BCUT2D eigenvalue weighted by Crippen LogP contribution is -2.28. The van der Waals surface area contributed by atoms with E-state index < -0.39 is 10.0 Å². The number of nitrogens with zero attached hydrogens (tertiary/aromatic N) is 2. The molecule has 1 aromatic rings. The van der Waals surface area contributed by atoms with Crippen LogP contribution in [0.4, 0.5) is 5.82 Å². The molecule has 5 nitrogen and oxygen atoms in total. The Balaban J connectivity index is 1.98. The molecule has 1 aliphatic heterocycles. The first-order valence-corrected chi connectivity index (χ1v) is 10.5. The summed E-state index contributed by atoms with van der Waals surface area (Å²) >= 11 is 0. The van der Waals surface area contributed by atoms with Gasteiger partial charge in [0.1, 0.15) is 5.82 Å². The van der Waals surface area contributed by atoms with Gasteiger partial charge in [-0.15, -0.1) is 0 Å². The molecule has 0 aliphatic carbocycles. The Morgan fingerprint density at radius 1 is 1.21 bits per heavy atom. The van der Waals surface area contributed by atoms with Crippen molar-refractivity contribution >= 4 is 15.8 Å². The molecular formula is C18H31N3O2S. The zero-order chi connectivity index (χ0) is 17.8. The Hall–Kier alpha value is -1.14. The summed E-state index contributed by atoms with van der Waals surface area (Å²) in [4.78, 5) is 6.90. The van der Waals surface area contributed by atoms with Crippen LogP contribution in [0.25, 0.3) is 0 Å². The maximum Gasteiger partial charge on any atom is 0.211 e. The number of hydrogen-bond acceptors (Lipinski definition) is 4. The van der Waals surface area contributed by atoms with Crippen molar-refractivity contribution in [1.29, 1.82) is 0 Å². The van der Waals surface area contributed by atoms with E-state index in [-0.39, 0.29) is 11.2 Å². The Bertz CT molecular complexity index is 645. The Morgan fingerprint density at radius 3 is 2.50 bits per heavy atom. The van der Waals surface area contributed by atoms with Crippen molar-refractivity contribution in [1.82, 2.24) is 9.71 Å². The predicted octanol–water partition coefficient (Wildman–Crippen LogP) is 3.24. The fourth-order valence-electron chi connectivity index (χ4n) is 2.96. The molecule has 0 amide bonds. The average molecular weight is 354 g/mol. The molecule has 6 heteroatoms. The predicted molar refractivity (Wildman–Crippen MR) is 99.7 cm³/mol. The first-order chi connectivity index (χ1) is 11.2. The Kier molecular flexibility index (Phi) is 6.26. The molecule has 1 aromatic heterocycles. The van der Waals surface area contributed by atoms with E-state index >= 15 is 0 Å². The van der Waals surface area contributed by atoms with Gasteiger partial charge >= 0.3 is 0 Å². The van der Waals surface area contributed by atoms with Crippen molar-refractivity contribution < 1.29 is 8.42 Å². The molecule has 2 heterocycles. The van der Waals surface area contributed by atoms with E-state index in [0.717, 1.165) is 36.6 Å². The zero-order valence-corrected chi connectivity index (χ0v) is 16.2. The van der Waals surface area contributed by atoms with E-state index in [4.69, 9.17) is 0 Å². The van der Waals surface area contributed by atoms with Crippen LogP contribution in [0.2, 0.25) is 0 Å². The summed E-state index contributed by atoms with van der Waals surface area (Å²) in [5, 5.41) is 0. The van der Waals surface area contributed by atoms with Crippen molar-refractivity contribution in [3.8, 4) is 0 Å². The van der Waals surface area contributed by atoms with E-state index in [0.29, 0.717) is 13.0 Å². The van der Waals surface area contributed by atoms with Crippen LogP contribution in [0.3, 0.4) is 0 Å². The van der Waals surface area contributed by atoms with Gasteiger partial charge in [-0.1, -0.05) is 26.8 Å². The lowest BCUT2D eigenvalue weighted by atomic mass is 9.91. The average Bonchev–Trinajstić information content (AvgIpc) is 2.98. The van der Waals surface area contributed by atoms with Gasteiger partial charge in [-0.05, 0) is 44.1 Å². The number of nitrogens with one attached hydrogen (secondary N) is 1. The van der Waals surface area contributed by atoms with Gasteiger partial charge in [-0.2, -0.15) is 0 Å². The van der Waals surface area contributed by atoms with Crippen LogP contribution in [-0.2, 0) is 16.6 Å². The van der Waals surface area contributed by atoms with Crippen molar-refractivity contribution in [3.05, 3.63) is 23.4 Å². The molecule has 0 aromatic carbocycles. The lowest BCUT2D eigenvalue weighted by molar-refractivity contribution is 0.373. The van der Waals surface area contributed by atoms with Gasteiger partial charge in [-0.25, -0.2) is 18.1 Å². The van der Waals surface area contributed by atoms with Crippen LogP contribution in [0.1, 0.15) is 57.7 Å². The van der Waals surface area contributed by atoms with Crippen LogP contribution in [0.15, 0.2) is 12.1 Å². The summed E-state index contributed by atoms with van der Waals surface area (Å²) < 4.78 is 27.2. The normalized spacial score (nSPS) is 15.9. The monoisotopic (exact) mass is 353 g/mol. The number of sulfonamides is 1. The van der Waals surface area contributed by atoms with Crippen LogP contribution in [0.5, 0.6) is 0 Å². The van der Waals surface area contributed by atoms with Gasteiger partial charge in [0.2, 0.25) is 10.0 Å². The topological polar surface area (TPSA) is 62.3 Å². The molecule has 0 saturated carbocycles. The number of anilines is 1. The maximum absolute atomic E-state index is 12.2. The molecule has 136 valence electrons. The van der Waals surface area contributed by atoms with E-state index in [2.05, 4.69) is 35.4 Å². The minimum atomic E-state index is -3.25. The summed E-state index contributed by atoms with van der Waals surface area (Å²) in [5.41, 5.74) is 2.09. The molecule has 0 radical (unpaired) electrons. The molecule has 0 spiro atoms. The molecule has 0 unspecified atom stereocenters. The summed E-state index contributed by atoms with van der Waals surface area (Å²) in [6.45, 7) is 10.7. The first-order valence-electron chi connectivity index (χ1n) is 8.85. The molecule has 0 atom stereocenters. The molecule has 1 fully saturated rings. The standard InChI is InChI=1S/C18H31N3O2S/c1-15-8-9-16(17(20-15)21-11-5-6-12-21)14-19-24(22,23)13-7-10-18(2,3)4/h8-9,19H,5-7,10-14H2,1-4H3. The third-order valence-electron chi connectivity index (χ3n) is 4.32. The number of pyridine rings is 1. The van der Waals surface area contributed by atoms with Crippen molar-refractivity contribution in [2.45, 2.75) is 59.9 Å². The van der Waals surface area contributed by atoms with Crippen molar-refractivity contribution in [2.75, 3.05) is 23.7 Å². The van der Waals surface area contributed by atoms with E-state index in [1.807, 2.05) is 19.1 Å². The summed E-state index contributed by atoms with van der Waals surface area (Å²) in [6, 6.07) is 3.94. The molecule has 0 bridgehead atoms. The van der Waals surface area contributed by atoms with Gasteiger partial charge in [-0.3, -0.25) is 0 Å². The Labute approximate surface area is 146 Å². The van der Waals surface area contributed by atoms with Gasteiger partial charge < -0.3 is 4.90 Å². The number of aromatic nitrogens is 1. The minimum absolute atomic E-state index is 0.166. The second kappa shape index (κ2) is 7.83. The Morgan fingerprint density at radius 2 is 1.88 bits per heavy atom. The third kappa shape index (κ3) is 6.06. The third-order valence-corrected chi connectivity index (χ3v) is 5.73. The first kappa shape index (κ1) is 19.2. The van der Waals surface area contributed by atoms with Crippen LogP contribution >= 0.6 is 0 Å². The molecule has 2 rings (SSSR count). The van der Waals surface area contributed by atoms with E-state index in [1.165, 1.54) is 12.8 Å².